The van der Waals surface area contributed by atoms with Gasteiger partial charge in [-0.15, -0.1) is 0 Å². The zero-order chi connectivity index (χ0) is 13.5. The highest BCUT2D eigenvalue weighted by Gasteiger charge is 2.44. The Hall–Kier alpha value is -1.65. The summed E-state index contributed by atoms with van der Waals surface area (Å²) in [4.78, 5) is 4.18. The van der Waals surface area contributed by atoms with Crippen LogP contribution in [0.1, 0.15) is 31.2 Å². The molecule has 2 aliphatic rings. The van der Waals surface area contributed by atoms with Gasteiger partial charge < -0.3 is 10.5 Å². The molecule has 1 aromatic rings. The molecule has 0 amide bonds. The highest BCUT2D eigenvalue weighted by atomic mass is 19.2. The van der Waals surface area contributed by atoms with Gasteiger partial charge in [0.25, 0.3) is 6.02 Å². The first-order valence-corrected chi connectivity index (χ1v) is 6.51. The van der Waals surface area contributed by atoms with Crippen molar-refractivity contribution in [2.75, 3.05) is 6.61 Å². The van der Waals surface area contributed by atoms with Crippen molar-refractivity contribution in [2.45, 2.75) is 37.1 Å². The lowest BCUT2D eigenvalue weighted by Crippen LogP contribution is -2.13. The number of halogens is 2. The molecule has 102 valence electrons. The second-order valence-corrected chi connectivity index (χ2v) is 5.38. The van der Waals surface area contributed by atoms with E-state index in [0.29, 0.717) is 6.61 Å². The molecule has 0 saturated heterocycles. The fourth-order valence-electron chi connectivity index (χ4n) is 2.69. The van der Waals surface area contributed by atoms with E-state index in [0.717, 1.165) is 31.2 Å². The molecule has 1 aromatic carbocycles. The van der Waals surface area contributed by atoms with Gasteiger partial charge in [0.05, 0.1) is 6.04 Å². The zero-order valence-electron chi connectivity index (χ0n) is 10.5. The summed E-state index contributed by atoms with van der Waals surface area (Å²) < 4.78 is 31.4. The molecule has 3 nitrogen and oxygen atoms in total. The van der Waals surface area contributed by atoms with Crippen LogP contribution < -0.4 is 5.73 Å². The molecule has 0 bridgehead atoms. The zero-order valence-corrected chi connectivity index (χ0v) is 10.5. The molecule has 1 aliphatic carbocycles. The minimum absolute atomic E-state index is 0.00140. The van der Waals surface area contributed by atoms with Crippen molar-refractivity contribution in [3.05, 3.63) is 35.4 Å². The van der Waals surface area contributed by atoms with Crippen molar-refractivity contribution in [3.63, 3.8) is 0 Å². The maximum atomic E-state index is 13.3. The Balaban J connectivity index is 1.68. The maximum absolute atomic E-state index is 13.3. The summed E-state index contributed by atoms with van der Waals surface area (Å²) in [5.74, 6) is -1.56. The van der Waals surface area contributed by atoms with E-state index in [1.807, 2.05) is 0 Å². The number of hydrogen-bond donors (Lipinski definition) is 1. The largest absolute Gasteiger partial charge is 0.463 e. The van der Waals surface area contributed by atoms with Gasteiger partial charge in [0.15, 0.2) is 11.6 Å². The van der Waals surface area contributed by atoms with Crippen LogP contribution in [-0.4, -0.2) is 18.7 Å². The van der Waals surface area contributed by atoms with Gasteiger partial charge in [-0.3, -0.25) is 0 Å². The first kappa shape index (κ1) is 12.4. The fraction of sp³-hybridized carbons (Fsp3) is 0.500. The lowest BCUT2D eigenvalue weighted by molar-refractivity contribution is 0.302. The number of nitrogens with two attached hydrogens (primary N) is 1. The highest BCUT2D eigenvalue weighted by Crippen LogP contribution is 2.52. The predicted octanol–water partition coefficient (Wildman–Crippen LogP) is 2.49. The lowest BCUT2D eigenvalue weighted by atomic mass is 9.89. The normalized spacial score (nSPS) is 23.9. The predicted molar refractivity (Wildman–Crippen MR) is 67.9 cm³/mol. The molecule has 0 spiro atoms. The molecule has 19 heavy (non-hydrogen) atoms. The van der Waals surface area contributed by atoms with Crippen LogP contribution in [0.5, 0.6) is 0 Å². The Labute approximate surface area is 110 Å². The van der Waals surface area contributed by atoms with E-state index in [1.54, 1.807) is 6.07 Å². The number of hydrogen-bond acceptors (Lipinski definition) is 3. The van der Waals surface area contributed by atoms with Crippen LogP contribution in [0, 0.1) is 11.6 Å². The Kier molecular flexibility index (Phi) is 2.92. The summed E-state index contributed by atoms with van der Waals surface area (Å²) in [6.07, 6.45) is 3.80. The van der Waals surface area contributed by atoms with Crippen molar-refractivity contribution in [2.24, 2.45) is 10.7 Å². The van der Waals surface area contributed by atoms with Crippen molar-refractivity contribution in [1.29, 1.82) is 0 Å². The van der Waals surface area contributed by atoms with E-state index in [4.69, 9.17) is 10.5 Å². The topological polar surface area (TPSA) is 47.6 Å². The number of amidine groups is 1. The number of ether oxygens (including phenoxy) is 1. The van der Waals surface area contributed by atoms with E-state index < -0.39 is 11.6 Å². The third-order valence-electron chi connectivity index (χ3n) is 4.08. The second-order valence-electron chi connectivity index (χ2n) is 5.38. The van der Waals surface area contributed by atoms with Crippen LogP contribution in [0.4, 0.5) is 8.78 Å². The summed E-state index contributed by atoms with van der Waals surface area (Å²) >= 11 is 0. The second kappa shape index (κ2) is 4.47. The van der Waals surface area contributed by atoms with E-state index in [9.17, 15) is 8.78 Å². The molecule has 1 aliphatic heterocycles. The van der Waals surface area contributed by atoms with Gasteiger partial charge in [0.1, 0.15) is 6.61 Å². The first-order chi connectivity index (χ1) is 9.09. The van der Waals surface area contributed by atoms with E-state index in [-0.39, 0.29) is 17.5 Å². The maximum Gasteiger partial charge on any atom is 0.282 e. The molecule has 1 fully saturated rings. The minimum Gasteiger partial charge on any atom is -0.463 e. The lowest BCUT2D eigenvalue weighted by Gasteiger charge is -2.17. The quantitative estimate of drug-likeness (QED) is 0.910. The summed E-state index contributed by atoms with van der Waals surface area (Å²) in [7, 11) is 0. The van der Waals surface area contributed by atoms with E-state index in [2.05, 4.69) is 4.99 Å². The smallest absolute Gasteiger partial charge is 0.282 e. The van der Waals surface area contributed by atoms with Crippen LogP contribution in [0.25, 0.3) is 0 Å². The van der Waals surface area contributed by atoms with Crippen LogP contribution in [0.15, 0.2) is 23.2 Å². The first-order valence-electron chi connectivity index (χ1n) is 6.51. The van der Waals surface area contributed by atoms with Crippen LogP contribution in [0.2, 0.25) is 0 Å². The minimum atomic E-state index is -0.791. The average molecular weight is 266 g/mol. The van der Waals surface area contributed by atoms with Crippen LogP contribution in [0.3, 0.4) is 0 Å². The molecule has 3 rings (SSSR count). The number of benzene rings is 1. The molecule has 1 saturated carbocycles. The van der Waals surface area contributed by atoms with Gasteiger partial charge in [-0.05, 0) is 48.8 Å². The summed E-state index contributed by atoms with van der Waals surface area (Å²) in [5.41, 5.74) is 6.36. The molecule has 0 aromatic heterocycles. The molecule has 2 N–H and O–H groups in total. The average Bonchev–Trinajstić information content (AvgIpc) is 3.07. The summed E-state index contributed by atoms with van der Waals surface area (Å²) in [6.45, 7) is 0.527. The molecule has 5 heteroatoms. The summed E-state index contributed by atoms with van der Waals surface area (Å²) in [6, 6.07) is 4.57. The van der Waals surface area contributed by atoms with Gasteiger partial charge in [-0.2, -0.15) is 0 Å². The van der Waals surface area contributed by atoms with E-state index in [1.165, 1.54) is 12.1 Å². The monoisotopic (exact) mass is 266 g/mol. The van der Waals surface area contributed by atoms with Crippen LogP contribution in [-0.2, 0) is 10.2 Å². The van der Waals surface area contributed by atoms with Crippen molar-refractivity contribution >= 4 is 6.02 Å². The number of nitrogens with zero attached hydrogens (tertiary/aromatic N) is 1. The van der Waals surface area contributed by atoms with Crippen LogP contribution >= 0.6 is 0 Å². The van der Waals surface area contributed by atoms with Gasteiger partial charge in [0.2, 0.25) is 0 Å². The van der Waals surface area contributed by atoms with Gasteiger partial charge >= 0.3 is 0 Å². The molecule has 1 atom stereocenters. The molecule has 1 unspecified atom stereocenters. The third-order valence-corrected chi connectivity index (χ3v) is 4.08. The van der Waals surface area contributed by atoms with Gasteiger partial charge in [-0.1, -0.05) is 6.07 Å². The Bertz CT molecular complexity index is 526. The molecular weight excluding hydrogens is 250 g/mol. The Morgan fingerprint density at radius 2 is 2.11 bits per heavy atom. The number of rotatable bonds is 4. The van der Waals surface area contributed by atoms with Crippen molar-refractivity contribution in [3.8, 4) is 0 Å². The SMILES string of the molecule is NC1=NC(CCC2(c3ccc(F)c(F)c3)CC2)CO1. The molecule has 1 heterocycles. The Morgan fingerprint density at radius 3 is 2.68 bits per heavy atom. The third kappa shape index (κ3) is 2.41. The van der Waals surface area contributed by atoms with Crippen molar-refractivity contribution < 1.29 is 13.5 Å². The highest BCUT2D eigenvalue weighted by molar-refractivity contribution is 5.73. The molecular formula is C14H16F2N2O. The number of aliphatic imine (C=N–C) groups is 1. The van der Waals surface area contributed by atoms with E-state index >= 15 is 0 Å². The fourth-order valence-corrected chi connectivity index (χ4v) is 2.69. The Morgan fingerprint density at radius 1 is 1.32 bits per heavy atom. The summed E-state index contributed by atoms with van der Waals surface area (Å²) in [5, 5.41) is 0. The van der Waals surface area contributed by atoms with Gasteiger partial charge in [0, 0.05) is 0 Å². The van der Waals surface area contributed by atoms with Crippen molar-refractivity contribution in [1.82, 2.24) is 0 Å². The van der Waals surface area contributed by atoms with Gasteiger partial charge in [-0.25, -0.2) is 13.8 Å². The molecule has 0 radical (unpaired) electrons. The standard InChI is InChI=1S/C14H16F2N2O/c15-11-2-1-9(7-12(11)16)14(5-6-14)4-3-10-8-19-13(17)18-10/h1-2,7,10H,3-6,8H2,(H2,17,18).